The summed E-state index contributed by atoms with van der Waals surface area (Å²) in [7, 11) is 0. The standard InChI is InChI=1S/C16H23FN4O2/c1-2-7-18-16(23)19-15(22)12-20-8-10-21(11-9-20)14-5-3-13(17)4-6-14/h3-6H,2,7-12H2,1H3,(H2,18,19,22,23). The average Bonchev–Trinajstić information content (AvgIpc) is 2.54. The maximum atomic E-state index is 12.9. The average molecular weight is 322 g/mol. The van der Waals surface area contributed by atoms with Gasteiger partial charge in [0.1, 0.15) is 5.82 Å². The second-order valence-corrected chi connectivity index (χ2v) is 5.54. The van der Waals surface area contributed by atoms with Crippen LogP contribution in [0.4, 0.5) is 14.9 Å². The number of benzene rings is 1. The number of halogens is 1. The molecule has 2 rings (SSSR count). The van der Waals surface area contributed by atoms with Crippen molar-refractivity contribution in [3.05, 3.63) is 30.1 Å². The van der Waals surface area contributed by atoms with E-state index in [1.54, 1.807) is 12.1 Å². The van der Waals surface area contributed by atoms with E-state index in [-0.39, 0.29) is 18.3 Å². The second kappa shape index (κ2) is 8.47. The molecule has 0 aromatic heterocycles. The predicted octanol–water partition coefficient (Wildman–Crippen LogP) is 1.18. The van der Waals surface area contributed by atoms with Gasteiger partial charge in [0.25, 0.3) is 0 Å². The van der Waals surface area contributed by atoms with Crippen LogP contribution >= 0.6 is 0 Å². The molecule has 126 valence electrons. The zero-order chi connectivity index (χ0) is 16.7. The number of amides is 3. The highest BCUT2D eigenvalue weighted by molar-refractivity contribution is 5.95. The third kappa shape index (κ3) is 5.52. The molecule has 23 heavy (non-hydrogen) atoms. The van der Waals surface area contributed by atoms with Crippen LogP contribution in [-0.2, 0) is 4.79 Å². The van der Waals surface area contributed by atoms with Crippen LogP contribution in [0.3, 0.4) is 0 Å². The van der Waals surface area contributed by atoms with E-state index in [0.29, 0.717) is 6.54 Å². The molecule has 1 aliphatic heterocycles. The summed E-state index contributed by atoms with van der Waals surface area (Å²) in [6.45, 7) is 5.68. The van der Waals surface area contributed by atoms with Gasteiger partial charge in [0.05, 0.1) is 6.54 Å². The van der Waals surface area contributed by atoms with E-state index in [0.717, 1.165) is 38.3 Å². The minimum atomic E-state index is -0.443. The number of urea groups is 1. The third-order valence-corrected chi connectivity index (χ3v) is 3.72. The van der Waals surface area contributed by atoms with Gasteiger partial charge in [0, 0.05) is 38.4 Å². The smallest absolute Gasteiger partial charge is 0.321 e. The van der Waals surface area contributed by atoms with Gasteiger partial charge >= 0.3 is 6.03 Å². The monoisotopic (exact) mass is 322 g/mol. The Morgan fingerprint density at radius 1 is 1.13 bits per heavy atom. The first-order valence-corrected chi connectivity index (χ1v) is 7.89. The van der Waals surface area contributed by atoms with Crippen LogP contribution in [-0.4, -0.2) is 56.1 Å². The molecule has 6 nitrogen and oxygen atoms in total. The molecule has 2 N–H and O–H groups in total. The van der Waals surface area contributed by atoms with E-state index in [1.807, 2.05) is 11.8 Å². The number of hydrogen-bond acceptors (Lipinski definition) is 4. The second-order valence-electron chi connectivity index (χ2n) is 5.54. The van der Waals surface area contributed by atoms with Crippen molar-refractivity contribution < 1.29 is 14.0 Å². The number of nitrogens with zero attached hydrogens (tertiary/aromatic N) is 2. The highest BCUT2D eigenvalue weighted by Gasteiger charge is 2.19. The molecule has 3 amide bonds. The fraction of sp³-hybridized carbons (Fsp3) is 0.500. The van der Waals surface area contributed by atoms with E-state index in [9.17, 15) is 14.0 Å². The molecule has 0 unspecified atom stereocenters. The summed E-state index contributed by atoms with van der Waals surface area (Å²) < 4.78 is 12.9. The van der Waals surface area contributed by atoms with Crippen molar-refractivity contribution in [2.45, 2.75) is 13.3 Å². The number of carbonyl (C=O) groups is 2. The van der Waals surface area contributed by atoms with Crippen LogP contribution in [0.1, 0.15) is 13.3 Å². The molecular formula is C16H23FN4O2. The third-order valence-electron chi connectivity index (χ3n) is 3.72. The van der Waals surface area contributed by atoms with Gasteiger partial charge in [-0.25, -0.2) is 9.18 Å². The lowest BCUT2D eigenvalue weighted by Crippen LogP contribution is -2.51. The molecule has 0 bridgehead atoms. The summed E-state index contributed by atoms with van der Waals surface area (Å²) in [6, 6.07) is 5.97. The zero-order valence-electron chi connectivity index (χ0n) is 13.3. The number of piperazine rings is 1. The topological polar surface area (TPSA) is 64.7 Å². The summed E-state index contributed by atoms with van der Waals surface area (Å²) in [5.74, 6) is -0.542. The maximum Gasteiger partial charge on any atom is 0.321 e. The molecule has 0 atom stereocenters. The summed E-state index contributed by atoms with van der Waals surface area (Å²) in [4.78, 5) is 27.4. The Hall–Kier alpha value is -2.15. The van der Waals surface area contributed by atoms with Gasteiger partial charge in [0.15, 0.2) is 0 Å². The van der Waals surface area contributed by atoms with Gasteiger partial charge < -0.3 is 10.2 Å². The predicted molar refractivity (Wildman–Crippen MR) is 86.9 cm³/mol. The number of nitrogens with one attached hydrogen (secondary N) is 2. The van der Waals surface area contributed by atoms with Crippen LogP contribution < -0.4 is 15.5 Å². The van der Waals surface area contributed by atoms with Crippen LogP contribution in [0.25, 0.3) is 0 Å². The Kier molecular flexibility index (Phi) is 6.34. The van der Waals surface area contributed by atoms with Gasteiger partial charge in [-0.15, -0.1) is 0 Å². The van der Waals surface area contributed by atoms with Crippen molar-refractivity contribution >= 4 is 17.6 Å². The summed E-state index contributed by atoms with van der Waals surface area (Å²) in [5, 5.41) is 4.93. The summed E-state index contributed by atoms with van der Waals surface area (Å²) in [6.07, 6.45) is 0.826. The van der Waals surface area contributed by atoms with E-state index < -0.39 is 6.03 Å². The lowest BCUT2D eigenvalue weighted by Gasteiger charge is -2.35. The molecule has 0 radical (unpaired) electrons. The van der Waals surface area contributed by atoms with E-state index in [4.69, 9.17) is 0 Å². The van der Waals surface area contributed by atoms with E-state index in [2.05, 4.69) is 15.5 Å². The lowest BCUT2D eigenvalue weighted by molar-refractivity contribution is -0.121. The highest BCUT2D eigenvalue weighted by atomic mass is 19.1. The van der Waals surface area contributed by atoms with Crippen molar-refractivity contribution in [3.63, 3.8) is 0 Å². The van der Waals surface area contributed by atoms with E-state index in [1.165, 1.54) is 12.1 Å². The Balaban J connectivity index is 1.73. The molecule has 0 spiro atoms. The summed E-state index contributed by atoms with van der Waals surface area (Å²) in [5.41, 5.74) is 0.981. The Bertz CT molecular complexity index is 527. The fourth-order valence-corrected chi connectivity index (χ4v) is 2.47. The first kappa shape index (κ1) is 17.2. The molecule has 1 aromatic rings. The zero-order valence-corrected chi connectivity index (χ0v) is 13.3. The Morgan fingerprint density at radius 3 is 2.39 bits per heavy atom. The molecule has 1 saturated heterocycles. The van der Waals surface area contributed by atoms with Crippen LogP contribution in [0, 0.1) is 5.82 Å². The fourth-order valence-electron chi connectivity index (χ4n) is 2.47. The minimum Gasteiger partial charge on any atom is -0.369 e. The van der Waals surface area contributed by atoms with Gasteiger partial charge in [-0.3, -0.25) is 15.0 Å². The van der Waals surface area contributed by atoms with Gasteiger partial charge in [-0.2, -0.15) is 0 Å². The van der Waals surface area contributed by atoms with Crippen molar-refractivity contribution in [2.75, 3.05) is 44.2 Å². The highest BCUT2D eigenvalue weighted by Crippen LogP contribution is 2.16. The molecule has 7 heteroatoms. The molecular weight excluding hydrogens is 299 g/mol. The number of rotatable bonds is 5. The first-order chi connectivity index (χ1) is 11.1. The number of imide groups is 1. The van der Waals surface area contributed by atoms with Crippen LogP contribution in [0.15, 0.2) is 24.3 Å². The maximum absolute atomic E-state index is 12.9. The molecule has 1 aromatic carbocycles. The Labute approximate surface area is 135 Å². The molecule has 1 fully saturated rings. The van der Waals surface area contributed by atoms with Crippen molar-refractivity contribution in [1.29, 1.82) is 0 Å². The van der Waals surface area contributed by atoms with Gasteiger partial charge in [-0.1, -0.05) is 6.92 Å². The normalized spacial score (nSPS) is 15.3. The molecule has 1 heterocycles. The van der Waals surface area contributed by atoms with E-state index >= 15 is 0 Å². The van der Waals surface area contributed by atoms with Gasteiger partial charge in [0.2, 0.25) is 5.91 Å². The first-order valence-electron chi connectivity index (χ1n) is 7.89. The van der Waals surface area contributed by atoms with Crippen LogP contribution in [0.2, 0.25) is 0 Å². The molecule has 1 aliphatic rings. The number of carbonyl (C=O) groups excluding carboxylic acids is 2. The SMILES string of the molecule is CCCNC(=O)NC(=O)CN1CCN(c2ccc(F)cc2)CC1. The lowest BCUT2D eigenvalue weighted by atomic mass is 10.2. The largest absolute Gasteiger partial charge is 0.369 e. The van der Waals surface area contributed by atoms with Crippen LogP contribution in [0.5, 0.6) is 0 Å². The van der Waals surface area contributed by atoms with Crippen molar-refractivity contribution in [1.82, 2.24) is 15.5 Å². The van der Waals surface area contributed by atoms with Gasteiger partial charge in [-0.05, 0) is 30.7 Å². The molecule has 0 aliphatic carbocycles. The summed E-state index contributed by atoms with van der Waals surface area (Å²) >= 11 is 0. The molecule has 0 saturated carbocycles. The van der Waals surface area contributed by atoms with Crippen molar-refractivity contribution in [3.8, 4) is 0 Å². The quantitative estimate of drug-likeness (QED) is 0.854. The number of hydrogen-bond donors (Lipinski definition) is 2. The van der Waals surface area contributed by atoms with Crippen molar-refractivity contribution in [2.24, 2.45) is 0 Å². The number of anilines is 1. The Morgan fingerprint density at radius 2 is 1.78 bits per heavy atom. The minimum absolute atomic E-state index is 0.205.